The van der Waals surface area contributed by atoms with E-state index in [4.69, 9.17) is 10.1 Å². The third kappa shape index (κ3) is 4.53. The maximum atomic E-state index is 12.1. The average molecular weight is 360 g/mol. The highest BCUT2D eigenvalue weighted by molar-refractivity contribution is 6.01. The molecule has 0 aliphatic carbocycles. The molecule has 0 atom stereocenters. The van der Waals surface area contributed by atoms with Crippen LogP contribution >= 0.6 is 0 Å². The second-order valence-corrected chi connectivity index (χ2v) is 6.65. The van der Waals surface area contributed by atoms with Gasteiger partial charge in [0.2, 0.25) is 0 Å². The summed E-state index contributed by atoms with van der Waals surface area (Å²) < 4.78 is 5.73. The summed E-state index contributed by atoms with van der Waals surface area (Å²) >= 11 is 0. The van der Waals surface area contributed by atoms with Crippen molar-refractivity contribution in [3.8, 4) is 5.75 Å². The lowest BCUT2D eigenvalue weighted by Crippen LogP contribution is -2.30. The lowest BCUT2D eigenvalue weighted by molar-refractivity contribution is -0.123. The van der Waals surface area contributed by atoms with Crippen LogP contribution in [0.1, 0.15) is 22.3 Å². The molecular formula is C23H24N2O2. The summed E-state index contributed by atoms with van der Waals surface area (Å²) in [6, 6.07) is 17.8. The summed E-state index contributed by atoms with van der Waals surface area (Å²) in [5.41, 5.74) is 4.59. The second kappa shape index (κ2) is 8.49. The number of carbonyl (C=O) groups is 1. The van der Waals surface area contributed by atoms with Gasteiger partial charge >= 0.3 is 0 Å². The van der Waals surface area contributed by atoms with Crippen LogP contribution < -0.4 is 10.1 Å². The largest absolute Gasteiger partial charge is 0.483 e. The zero-order valence-electron chi connectivity index (χ0n) is 15.7. The van der Waals surface area contributed by atoms with Crippen molar-refractivity contribution >= 4 is 22.9 Å². The Morgan fingerprint density at radius 2 is 1.81 bits per heavy atom. The molecule has 3 rings (SSSR count). The van der Waals surface area contributed by atoms with Gasteiger partial charge in [0.05, 0.1) is 0 Å². The van der Waals surface area contributed by atoms with E-state index in [1.807, 2.05) is 36.4 Å². The van der Waals surface area contributed by atoms with Gasteiger partial charge < -0.3 is 15.5 Å². The van der Waals surface area contributed by atoms with E-state index >= 15 is 0 Å². The fourth-order valence-electron chi connectivity index (χ4n) is 3.05. The number of hydrogen-bond acceptors (Lipinski definition) is 3. The van der Waals surface area contributed by atoms with Gasteiger partial charge in [-0.2, -0.15) is 0 Å². The predicted octanol–water partition coefficient (Wildman–Crippen LogP) is 4.19. The molecule has 0 saturated heterocycles. The van der Waals surface area contributed by atoms with Crippen LogP contribution in [0.25, 0.3) is 10.8 Å². The summed E-state index contributed by atoms with van der Waals surface area (Å²) in [6.07, 6.45) is 2.12. The molecule has 3 aromatic rings. The van der Waals surface area contributed by atoms with Crippen LogP contribution in [0.15, 0.2) is 54.6 Å². The number of nitrogens with one attached hydrogen (secondary N) is 2. The molecule has 0 fully saturated rings. The van der Waals surface area contributed by atoms with Gasteiger partial charge in [0.15, 0.2) is 6.61 Å². The molecule has 0 radical (unpaired) electrons. The first kappa shape index (κ1) is 18.6. The molecule has 0 aromatic heterocycles. The highest BCUT2D eigenvalue weighted by Gasteiger charge is 2.08. The Morgan fingerprint density at radius 1 is 1.04 bits per heavy atom. The zero-order valence-corrected chi connectivity index (χ0v) is 15.7. The molecule has 0 heterocycles. The highest BCUT2D eigenvalue weighted by Crippen LogP contribution is 2.27. The van der Waals surface area contributed by atoms with Crippen molar-refractivity contribution < 1.29 is 9.53 Å². The molecule has 2 N–H and O–H groups in total. The zero-order chi connectivity index (χ0) is 19.2. The fourth-order valence-corrected chi connectivity index (χ4v) is 3.05. The molecule has 0 unspecified atom stereocenters. The first-order valence-corrected chi connectivity index (χ1v) is 9.06. The minimum atomic E-state index is -0.140. The number of rotatable bonds is 7. The second-order valence-electron chi connectivity index (χ2n) is 6.65. The van der Waals surface area contributed by atoms with Crippen LogP contribution in [0.4, 0.5) is 0 Å². The maximum Gasteiger partial charge on any atom is 0.257 e. The quantitative estimate of drug-likeness (QED) is 0.621. The van der Waals surface area contributed by atoms with E-state index in [9.17, 15) is 4.79 Å². The Bertz CT molecular complexity index is 979. The average Bonchev–Trinajstić information content (AvgIpc) is 2.68. The summed E-state index contributed by atoms with van der Waals surface area (Å²) in [5.74, 6) is 0.513. The van der Waals surface area contributed by atoms with Gasteiger partial charge in [-0.25, -0.2) is 0 Å². The lowest BCUT2D eigenvalue weighted by Gasteiger charge is -2.11. The minimum absolute atomic E-state index is 0.0269. The van der Waals surface area contributed by atoms with Crippen LogP contribution in [0, 0.1) is 19.3 Å². The number of carbonyl (C=O) groups excluding carboxylic acids is 1. The van der Waals surface area contributed by atoms with E-state index in [-0.39, 0.29) is 12.5 Å². The van der Waals surface area contributed by atoms with Gasteiger partial charge in [-0.3, -0.25) is 4.79 Å². The van der Waals surface area contributed by atoms with Gasteiger partial charge in [0.1, 0.15) is 5.75 Å². The molecule has 0 aliphatic rings. The van der Waals surface area contributed by atoms with Crippen molar-refractivity contribution in [1.29, 1.82) is 5.41 Å². The molecule has 27 heavy (non-hydrogen) atoms. The number of hydrogen-bond donors (Lipinski definition) is 2. The van der Waals surface area contributed by atoms with Crippen LogP contribution in [0.3, 0.4) is 0 Å². The lowest BCUT2D eigenvalue weighted by atomic mass is 10.0. The van der Waals surface area contributed by atoms with Crippen LogP contribution in [0.5, 0.6) is 5.75 Å². The fraction of sp³-hybridized carbons (Fsp3) is 0.217. The summed E-state index contributed by atoms with van der Waals surface area (Å²) in [7, 11) is 0. The van der Waals surface area contributed by atoms with E-state index < -0.39 is 0 Å². The molecule has 4 heteroatoms. The molecule has 0 saturated carbocycles. The molecule has 1 amide bonds. The summed E-state index contributed by atoms with van der Waals surface area (Å²) in [4.78, 5) is 12.1. The first-order chi connectivity index (χ1) is 13.1. The summed E-state index contributed by atoms with van der Waals surface area (Å²) in [6.45, 7) is 4.74. The molecule has 0 spiro atoms. The highest BCUT2D eigenvalue weighted by atomic mass is 16.5. The Labute approximate surface area is 159 Å². The maximum absolute atomic E-state index is 12.1. The normalized spacial score (nSPS) is 10.6. The summed E-state index contributed by atoms with van der Waals surface area (Å²) in [5, 5.41) is 12.3. The van der Waals surface area contributed by atoms with Gasteiger partial charge in [-0.05, 0) is 54.5 Å². The van der Waals surface area contributed by atoms with E-state index in [1.54, 1.807) is 0 Å². The smallest absolute Gasteiger partial charge is 0.257 e. The SMILES string of the molecule is Cc1ccc(CCNC(=O)COc2ccc(C=N)c3ccccc23)cc1C. The van der Waals surface area contributed by atoms with Crippen molar-refractivity contribution in [3.63, 3.8) is 0 Å². The molecule has 3 aromatic carbocycles. The van der Waals surface area contributed by atoms with Gasteiger partial charge in [0.25, 0.3) is 5.91 Å². The van der Waals surface area contributed by atoms with Crippen LogP contribution in [-0.4, -0.2) is 25.3 Å². The number of fused-ring (bicyclic) bond motifs is 1. The number of benzene rings is 3. The first-order valence-electron chi connectivity index (χ1n) is 9.06. The standard InChI is InChI=1S/C23H24N2O2/c1-16-7-8-18(13-17(16)2)11-12-25-23(26)15-27-22-10-9-19(14-24)20-5-3-4-6-21(20)22/h3-10,13-14,24H,11-12,15H2,1-2H3,(H,25,26). The molecule has 138 valence electrons. The van der Waals surface area contributed by atoms with Gasteiger partial charge in [-0.1, -0.05) is 42.5 Å². The van der Waals surface area contributed by atoms with Gasteiger partial charge in [0, 0.05) is 23.7 Å². The monoisotopic (exact) mass is 360 g/mol. The third-order valence-electron chi connectivity index (χ3n) is 4.74. The van der Waals surface area contributed by atoms with Crippen molar-refractivity contribution in [1.82, 2.24) is 5.32 Å². The Morgan fingerprint density at radius 3 is 2.56 bits per heavy atom. The molecular weight excluding hydrogens is 336 g/mol. The minimum Gasteiger partial charge on any atom is -0.483 e. The van der Waals surface area contributed by atoms with Crippen LogP contribution in [0.2, 0.25) is 0 Å². The van der Waals surface area contributed by atoms with E-state index in [1.165, 1.54) is 22.9 Å². The number of aryl methyl sites for hydroxylation is 2. The molecule has 4 nitrogen and oxygen atoms in total. The van der Waals surface area contributed by atoms with E-state index in [0.29, 0.717) is 12.3 Å². The Hall–Kier alpha value is -3.14. The third-order valence-corrected chi connectivity index (χ3v) is 4.74. The Balaban J connectivity index is 1.56. The van der Waals surface area contributed by atoms with Crippen molar-refractivity contribution in [2.45, 2.75) is 20.3 Å². The molecule has 0 bridgehead atoms. The van der Waals surface area contributed by atoms with Gasteiger partial charge in [-0.15, -0.1) is 0 Å². The predicted molar refractivity (Wildman–Crippen MR) is 110 cm³/mol. The van der Waals surface area contributed by atoms with E-state index in [0.717, 1.165) is 22.8 Å². The van der Waals surface area contributed by atoms with Crippen molar-refractivity contribution in [3.05, 3.63) is 76.9 Å². The Kier molecular flexibility index (Phi) is 5.87. The van der Waals surface area contributed by atoms with Crippen LogP contribution in [-0.2, 0) is 11.2 Å². The van der Waals surface area contributed by atoms with Crippen molar-refractivity contribution in [2.24, 2.45) is 0 Å². The molecule has 0 aliphatic heterocycles. The van der Waals surface area contributed by atoms with Crippen molar-refractivity contribution in [2.75, 3.05) is 13.2 Å². The van der Waals surface area contributed by atoms with E-state index in [2.05, 4.69) is 37.4 Å². The number of amides is 1. The topological polar surface area (TPSA) is 62.2 Å². The number of ether oxygens (including phenoxy) is 1.